The van der Waals surface area contributed by atoms with Gasteiger partial charge in [0.2, 0.25) is 5.78 Å². The summed E-state index contributed by atoms with van der Waals surface area (Å²) < 4.78 is 5.40. The highest BCUT2D eigenvalue weighted by molar-refractivity contribution is 6.00. The summed E-state index contributed by atoms with van der Waals surface area (Å²) >= 11 is 0. The van der Waals surface area contributed by atoms with Gasteiger partial charge < -0.3 is 4.74 Å². The minimum absolute atomic E-state index is 0.203. The monoisotopic (exact) mass is 282 g/mol. The first-order valence-corrected chi connectivity index (χ1v) is 7.06. The Morgan fingerprint density at radius 1 is 0.952 bits per heavy atom. The van der Waals surface area contributed by atoms with Crippen LogP contribution in [0.5, 0.6) is 0 Å². The molecule has 3 heteroatoms. The van der Waals surface area contributed by atoms with Gasteiger partial charge in [0.05, 0.1) is 0 Å². The molecule has 0 heterocycles. The Bertz CT molecular complexity index is 590. The maximum absolute atomic E-state index is 12.6. The van der Waals surface area contributed by atoms with E-state index in [0.717, 1.165) is 0 Å². The highest BCUT2D eigenvalue weighted by Gasteiger charge is 2.25. The molecule has 2 aromatic rings. The van der Waals surface area contributed by atoms with E-state index in [2.05, 4.69) is 0 Å². The highest BCUT2D eigenvalue weighted by atomic mass is 16.5. The number of carbonyl (C=O) groups is 2. The van der Waals surface area contributed by atoms with Gasteiger partial charge in [-0.1, -0.05) is 67.6 Å². The van der Waals surface area contributed by atoms with Gasteiger partial charge in [0.15, 0.2) is 6.10 Å². The first kappa shape index (κ1) is 15.0. The number of ether oxygens (including phenoxy) is 1. The van der Waals surface area contributed by atoms with Crippen molar-refractivity contribution in [2.45, 2.75) is 25.9 Å². The predicted molar refractivity (Wildman–Crippen MR) is 81.0 cm³/mol. The smallest absolute Gasteiger partial charge is 0.306 e. The summed E-state index contributed by atoms with van der Waals surface area (Å²) in [5.41, 5.74) is 1.23. The summed E-state index contributed by atoms with van der Waals surface area (Å²) in [6, 6.07) is 18.0. The number of hydrogen-bond donors (Lipinski definition) is 0. The van der Waals surface area contributed by atoms with Crippen molar-refractivity contribution in [2.24, 2.45) is 0 Å². The molecular formula is C18H18O3. The van der Waals surface area contributed by atoms with Gasteiger partial charge >= 0.3 is 5.97 Å². The van der Waals surface area contributed by atoms with Crippen LogP contribution < -0.4 is 0 Å². The normalized spacial score (nSPS) is 11.7. The lowest BCUT2D eigenvalue weighted by Gasteiger charge is -2.17. The molecule has 0 aliphatic carbocycles. The lowest BCUT2D eigenvalue weighted by molar-refractivity contribution is -0.147. The van der Waals surface area contributed by atoms with Crippen molar-refractivity contribution in [1.29, 1.82) is 0 Å². The molecule has 1 atom stereocenters. The molecule has 0 amide bonds. The van der Waals surface area contributed by atoms with Gasteiger partial charge in [-0.2, -0.15) is 0 Å². The van der Waals surface area contributed by atoms with Crippen LogP contribution in [-0.2, 0) is 9.53 Å². The van der Waals surface area contributed by atoms with Crippen molar-refractivity contribution in [3.8, 4) is 0 Å². The number of benzene rings is 2. The molecule has 0 saturated heterocycles. The zero-order valence-corrected chi connectivity index (χ0v) is 12.0. The summed E-state index contributed by atoms with van der Waals surface area (Å²) in [4.78, 5) is 24.4. The fourth-order valence-corrected chi connectivity index (χ4v) is 2.05. The third-order valence-corrected chi connectivity index (χ3v) is 3.10. The highest BCUT2D eigenvalue weighted by Crippen LogP contribution is 2.23. The van der Waals surface area contributed by atoms with Crippen molar-refractivity contribution >= 4 is 11.8 Å². The van der Waals surface area contributed by atoms with Crippen LogP contribution >= 0.6 is 0 Å². The second kappa shape index (κ2) is 7.39. The SMILES string of the molecule is CCCC(=O)O[C@H](C(=O)c1ccccc1)c1ccccc1. The van der Waals surface area contributed by atoms with Crippen LogP contribution in [0.3, 0.4) is 0 Å². The van der Waals surface area contributed by atoms with Crippen molar-refractivity contribution in [3.05, 3.63) is 71.8 Å². The summed E-state index contributed by atoms with van der Waals surface area (Å²) in [6.07, 6.45) is 0.123. The summed E-state index contributed by atoms with van der Waals surface area (Å²) in [7, 11) is 0. The number of esters is 1. The van der Waals surface area contributed by atoms with Crippen LogP contribution in [0.2, 0.25) is 0 Å². The molecular weight excluding hydrogens is 264 g/mol. The minimum atomic E-state index is -0.882. The second-order valence-corrected chi connectivity index (χ2v) is 4.76. The van der Waals surface area contributed by atoms with Crippen LogP contribution in [0.15, 0.2) is 60.7 Å². The molecule has 0 saturated carbocycles. The number of hydrogen-bond acceptors (Lipinski definition) is 3. The predicted octanol–water partition coefficient (Wildman–Crippen LogP) is 3.95. The minimum Gasteiger partial charge on any atom is -0.449 e. The van der Waals surface area contributed by atoms with Gasteiger partial charge in [0, 0.05) is 17.5 Å². The van der Waals surface area contributed by atoms with E-state index in [9.17, 15) is 9.59 Å². The Morgan fingerprint density at radius 3 is 2.10 bits per heavy atom. The molecule has 0 bridgehead atoms. The number of Topliss-reactive ketones (excluding diaryl/α,β-unsaturated/α-hetero) is 1. The third-order valence-electron chi connectivity index (χ3n) is 3.10. The Labute approximate surface area is 124 Å². The molecule has 0 N–H and O–H groups in total. The Balaban J connectivity index is 2.28. The van der Waals surface area contributed by atoms with Crippen molar-refractivity contribution in [1.82, 2.24) is 0 Å². The van der Waals surface area contributed by atoms with Gasteiger partial charge in [-0.15, -0.1) is 0 Å². The van der Waals surface area contributed by atoms with Gasteiger partial charge in [0.25, 0.3) is 0 Å². The summed E-state index contributed by atoms with van der Waals surface area (Å²) in [6.45, 7) is 1.90. The Hall–Kier alpha value is -2.42. The zero-order chi connectivity index (χ0) is 15.1. The van der Waals surface area contributed by atoms with Crippen molar-refractivity contribution in [2.75, 3.05) is 0 Å². The molecule has 0 aromatic heterocycles. The van der Waals surface area contributed by atoms with Gasteiger partial charge in [-0.3, -0.25) is 9.59 Å². The molecule has 2 aromatic carbocycles. The number of carbonyl (C=O) groups excluding carboxylic acids is 2. The second-order valence-electron chi connectivity index (χ2n) is 4.76. The quantitative estimate of drug-likeness (QED) is 0.595. The van der Waals surface area contributed by atoms with E-state index in [1.807, 2.05) is 31.2 Å². The van der Waals surface area contributed by atoms with Crippen LogP contribution in [-0.4, -0.2) is 11.8 Å². The van der Waals surface area contributed by atoms with Crippen LogP contribution in [0, 0.1) is 0 Å². The maximum Gasteiger partial charge on any atom is 0.306 e. The fraction of sp³-hybridized carbons (Fsp3) is 0.222. The van der Waals surface area contributed by atoms with E-state index < -0.39 is 6.10 Å². The zero-order valence-electron chi connectivity index (χ0n) is 12.0. The van der Waals surface area contributed by atoms with E-state index in [1.54, 1.807) is 36.4 Å². The summed E-state index contributed by atoms with van der Waals surface area (Å²) in [5.74, 6) is -0.554. The molecule has 0 spiro atoms. The van der Waals surface area contributed by atoms with Crippen molar-refractivity contribution < 1.29 is 14.3 Å². The van der Waals surface area contributed by atoms with Gasteiger partial charge in [-0.25, -0.2) is 0 Å². The first-order chi connectivity index (χ1) is 10.2. The molecule has 21 heavy (non-hydrogen) atoms. The molecule has 3 nitrogen and oxygen atoms in total. The van der Waals surface area contributed by atoms with Gasteiger partial charge in [-0.05, 0) is 6.42 Å². The first-order valence-electron chi connectivity index (χ1n) is 7.06. The lowest BCUT2D eigenvalue weighted by Crippen LogP contribution is -2.20. The molecule has 0 aliphatic heterocycles. The molecule has 0 radical (unpaired) electrons. The average Bonchev–Trinajstić information content (AvgIpc) is 2.54. The maximum atomic E-state index is 12.6. The Kier molecular flexibility index (Phi) is 5.27. The topological polar surface area (TPSA) is 43.4 Å². The number of ketones is 1. The van der Waals surface area contributed by atoms with Crippen LogP contribution in [0.25, 0.3) is 0 Å². The van der Waals surface area contributed by atoms with E-state index in [4.69, 9.17) is 4.74 Å². The number of rotatable bonds is 6. The molecule has 0 aliphatic rings. The van der Waals surface area contributed by atoms with E-state index in [0.29, 0.717) is 24.0 Å². The third kappa shape index (κ3) is 4.02. The molecule has 108 valence electrons. The van der Waals surface area contributed by atoms with E-state index in [-0.39, 0.29) is 11.8 Å². The summed E-state index contributed by atoms with van der Waals surface area (Å²) in [5, 5.41) is 0. The molecule has 0 fully saturated rings. The Morgan fingerprint density at radius 2 is 1.52 bits per heavy atom. The van der Waals surface area contributed by atoms with Crippen LogP contribution in [0.1, 0.15) is 41.8 Å². The van der Waals surface area contributed by atoms with E-state index >= 15 is 0 Å². The standard InChI is InChI=1S/C18H18O3/c1-2-9-16(19)21-18(15-12-7-4-8-13-15)17(20)14-10-5-3-6-11-14/h3-8,10-13,18H,2,9H2,1H3/t18-/m0/s1. The largest absolute Gasteiger partial charge is 0.449 e. The van der Waals surface area contributed by atoms with Crippen LogP contribution in [0.4, 0.5) is 0 Å². The van der Waals surface area contributed by atoms with Crippen molar-refractivity contribution in [3.63, 3.8) is 0 Å². The fourth-order valence-electron chi connectivity index (χ4n) is 2.05. The lowest BCUT2D eigenvalue weighted by atomic mass is 10.00. The average molecular weight is 282 g/mol. The molecule has 0 unspecified atom stereocenters. The molecule has 2 rings (SSSR count). The van der Waals surface area contributed by atoms with Gasteiger partial charge in [0.1, 0.15) is 0 Å². The van der Waals surface area contributed by atoms with E-state index in [1.165, 1.54) is 0 Å².